The van der Waals surface area contributed by atoms with Crippen LogP contribution in [0.2, 0.25) is 0 Å². The van der Waals surface area contributed by atoms with Crippen molar-refractivity contribution < 1.29 is 14.7 Å². The van der Waals surface area contributed by atoms with Crippen LogP contribution in [0.5, 0.6) is 0 Å². The van der Waals surface area contributed by atoms with Gasteiger partial charge in [0.2, 0.25) is 5.91 Å². The lowest BCUT2D eigenvalue weighted by Crippen LogP contribution is -2.61. The number of nitrogens with zero attached hydrogens (tertiary/aromatic N) is 1. The molecule has 0 spiro atoms. The number of allylic oxidation sites excluding steroid dienone is 1. The molecule has 2 heterocycles. The van der Waals surface area contributed by atoms with Crippen molar-refractivity contribution in [2.75, 3.05) is 0 Å². The summed E-state index contributed by atoms with van der Waals surface area (Å²) in [5.74, 6) is -0.499. The minimum absolute atomic E-state index is 0.0106. The molecule has 0 radical (unpaired) electrons. The van der Waals surface area contributed by atoms with E-state index in [1.165, 1.54) is 6.92 Å². The summed E-state index contributed by atoms with van der Waals surface area (Å²) in [5, 5.41) is 9.45. The number of hydrogen-bond acceptors (Lipinski definition) is 3. The van der Waals surface area contributed by atoms with Crippen molar-refractivity contribution >= 4 is 11.7 Å². The molecule has 2 aliphatic rings. The largest absolute Gasteiger partial charge is 0.393 e. The molecule has 0 saturated carbocycles. The number of fused-ring (bicyclic) bond motifs is 1. The van der Waals surface area contributed by atoms with Gasteiger partial charge >= 0.3 is 0 Å². The van der Waals surface area contributed by atoms with E-state index < -0.39 is 6.10 Å². The van der Waals surface area contributed by atoms with Crippen molar-refractivity contribution in [3.8, 4) is 0 Å². The molecule has 15 heavy (non-hydrogen) atoms. The first-order chi connectivity index (χ1) is 6.95. The summed E-state index contributed by atoms with van der Waals surface area (Å²) in [4.78, 5) is 24.6. The summed E-state index contributed by atoms with van der Waals surface area (Å²) >= 11 is 0. The Balaban J connectivity index is 2.27. The minimum Gasteiger partial charge on any atom is -0.393 e. The molecule has 0 aromatic rings. The fraction of sp³-hybridized carbons (Fsp3) is 0.636. The van der Waals surface area contributed by atoms with E-state index in [9.17, 15) is 14.7 Å². The van der Waals surface area contributed by atoms with Gasteiger partial charge in [0, 0.05) is 6.92 Å². The maximum Gasteiger partial charge on any atom is 0.235 e. The zero-order chi connectivity index (χ0) is 11.3. The predicted octanol–water partition coefficient (Wildman–Crippen LogP) is 0.461. The van der Waals surface area contributed by atoms with E-state index in [1.54, 1.807) is 11.8 Å². The number of Topliss-reactive ketones (excluding diaryl/α,β-unsaturated/α-hetero) is 1. The summed E-state index contributed by atoms with van der Waals surface area (Å²) in [5.41, 5.74) is 1.51. The molecule has 1 unspecified atom stereocenters. The molecule has 4 nitrogen and oxygen atoms in total. The highest BCUT2D eigenvalue weighted by molar-refractivity contribution is 6.02. The smallest absolute Gasteiger partial charge is 0.235 e. The first kappa shape index (κ1) is 10.4. The number of aliphatic hydroxyl groups is 1. The van der Waals surface area contributed by atoms with Gasteiger partial charge in [-0.2, -0.15) is 0 Å². The first-order valence-corrected chi connectivity index (χ1v) is 5.17. The van der Waals surface area contributed by atoms with Crippen LogP contribution in [0.3, 0.4) is 0 Å². The molecule has 3 atom stereocenters. The van der Waals surface area contributed by atoms with Gasteiger partial charge in [0.05, 0.1) is 23.8 Å². The number of amides is 1. The number of carbonyl (C=O) groups excluding carboxylic acids is 2. The normalized spacial score (nSPS) is 31.5. The van der Waals surface area contributed by atoms with E-state index in [1.807, 2.05) is 6.92 Å². The molecule has 2 aliphatic heterocycles. The topological polar surface area (TPSA) is 57.6 Å². The minimum atomic E-state index is -0.627. The van der Waals surface area contributed by atoms with Crippen molar-refractivity contribution in [2.24, 2.45) is 5.92 Å². The summed E-state index contributed by atoms with van der Waals surface area (Å²) in [6.07, 6.45) is 0.0915. The lowest BCUT2D eigenvalue weighted by molar-refractivity contribution is -0.158. The average Bonchev–Trinajstić information content (AvgIpc) is 2.38. The number of ketones is 1. The molecular weight excluding hydrogens is 194 g/mol. The number of aliphatic hydroxyl groups excluding tert-OH is 1. The van der Waals surface area contributed by atoms with Gasteiger partial charge in [-0.1, -0.05) is 0 Å². The zero-order valence-corrected chi connectivity index (χ0v) is 9.15. The average molecular weight is 209 g/mol. The van der Waals surface area contributed by atoms with Crippen LogP contribution >= 0.6 is 0 Å². The third kappa shape index (κ3) is 1.24. The highest BCUT2D eigenvalue weighted by Crippen LogP contribution is 2.43. The van der Waals surface area contributed by atoms with Crippen LogP contribution in [0.4, 0.5) is 0 Å². The molecule has 0 bridgehead atoms. The summed E-state index contributed by atoms with van der Waals surface area (Å²) in [7, 11) is 0. The van der Waals surface area contributed by atoms with Gasteiger partial charge < -0.3 is 10.0 Å². The molecule has 1 fully saturated rings. The molecule has 0 aromatic heterocycles. The maximum atomic E-state index is 11.7. The van der Waals surface area contributed by atoms with Crippen LogP contribution < -0.4 is 0 Å². The Morgan fingerprint density at radius 1 is 1.60 bits per heavy atom. The molecule has 0 aromatic carbocycles. The highest BCUT2D eigenvalue weighted by atomic mass is 16.3. The second-order valence-corrected chi connectivity index (χ2v) is 4.43. The van der Waals surface area contributed by atoms with Crippen molar-refractivity contribution in [1.82, 2.24) is 4.90 Å². The first-order valence-electron chi connectivity index (χ1n) is 5.17. The van der Waals surface area contributed by atoms with E-state index in [0.29, 0.717) is 5.70 Å². The van der Waals surface area contributed by atoms with Crippen LogP contribution in [-0.4, -0.2) is 33.8 Å². The van der Waals surface area contributed by atoms with Gasteiger partial charge in [0.1, 0.15) is 0 Å². The Labute approximate surface area is 88.6 Å². The number of β-lactam (4-membered cyclic amide) rings is 1. The SMILES string of the molecule is CC(=O)C1=C(C)CC2[C@@H]([C@@H](C)O)C(=O)N12. The number of carbonyl (C=O) groups is 2. The van der Waals surface area contributed by atoms with Gasteiger partial charge in [-0.25, -0.2) is 0 Å². The van der Waals surface area contributed by atoms with Crippen LogP contribution in [0.15, 0.2) is 11.3 Å². The Morgan fingerprint density at radius 2 is 2.20 bits per heavy atom. The maximum absolute atomic E-state index is 11.7. The van der Waals surface area contributed by atoms with Crippen molar-refractivity contribution in [1.29, 1.82) is 0 Å². The highest BCUT2D eigenvalue weighted by Gasteiger charge is 2.55. The van der Waals surface area contributed by atoms with Crippen LogP contribution in [0.1, 0.15) is 27.2 Å². The van der Waals surface area contributed by atoms with Gasteiger partial charge in [0.25, 0.3) is 0 Å². The third-order valence-corrected chi connectivity index (χ3v) is 3.28. The Hall–Kier alpha value is -1.16. The van der Waals surface area contributed by atoms with E-state index in [0.717, 1.165) is 12.0 Å². The van der Waals surface area contributed by atoms with Crippen LogP contribution in [0.25, 0.3) is 0 Å². The second-order valence-electron chi connectivity index (χ2n) is 4.43. The van der Waals surface area contributed by atoms with Crippen LogP contribution in [0, 0.1) is 5.92 Å². The third-order valence-electron chi connectivity index (χ3n) is 3.28. The number of hydrogen-bond donors (Lipinski definition) is 1. The Morgan fingerprint density at radius 3 is 2.67 bits per heavy atom. The summed E-state index contributed by atoms with van der Waals surface area (Å²) < 4.78 is 0. The number of rotatable bonds is 2. The fourth-order valence-electron chi connectivity index (χ4n) is 2.68. The molecule has 1 amide bonds. The van der Waals surface area contributed by atoms with E-state index in [-0.39, 0.29) is 23.7 Å². The van der Waals surface area contributed by atoms with Crippen molar-refractivity contribution in [3.05, 3.63) is 11.3 Å². The quantitative estimate of drug-likeness (QED) is 0.672. The lowest BCUT2D eigenvalue weighted by atomic mass is 9.83. The molecule has 1 saturated heterocycles. The van der Waals surface area contributed by atoms with Crippen LogP contribution in [-0.2, 0) is 9.59 Å². The van der Waals surface area contributed by atoms with E-state index >= 15 is 0 Å². The summed E-state index contributed by atoms with van der Waals surface area (Å²) in [6, 6.07) is 0.0106. The molecule has 2 rings (SSSR count). The fourth-order valence-corrected chi connectivity index (χ4v) is 2.68. The monoisotopic (exact) mass is 209 g/mol. The lowest BCUT2D eigenvalue weighted by Gasteiger charge is -2.45. The zero-order valence-electron chi connectivity index (χ0n) is 9.15. The molecular formula is C11H15NO3. The van der Waals surface area contributed by atoms with Gasteiger partial charge in [0.15, 0.2) is 5.78 Å². The molecule has 0 aliphatic carbocycles. The predicted molar refractivity (Wildman–Crippen MR) is 53.8 cm³/mol. The van der Waals surface area contributed by atoms with Gasteiger partial charge in [-0.3, -0.25) is 9.59 Å². The molecule has 1 N–H and O–H groups in total. The standard InChI is InChI=1S/C11H15NO3/c1-5-4-8-9(6(2)13)11(15)12(8)10(5)7(3)14/h6,8-9,13H,4H2,1-3H3/t6-,8?,9-/m1/s1. The van der Waals surface area contributed by atoms with Crippen molar-refractivity contribution in [2.45, 2.75) is 39.3 Å². The van der Waals surface area contributed by atoms with Gasteiger partial charge in [-0.05, 0) is 25.8 Å². The second kappa shape index (κ2) is 3.17. The molecule has 82 valence electrons. The van der Waals surface area contributed by atoms with E-state index in [4.69, 9.17) is 0 Å². The molecule has 4 heteroatoms. The van der Waals surface area contributed by atoms with Crippen molar-refractivity contribution in [3.63, 3.8) is 0 Å². The Kier molecular flexibility index (Phi) is 2.19. The van der Waals surface area contributed by atoms with Gasteiger partial charge in [-0.15, -0.1) is 0 Å². The van der Waals surface area contributed by atoms with E-state index in [2.05, 4.69) is 0 Å². The Bertz CT molecular complexity index is 370. The summed E-state index contributed by atoms with van der Waals surface area (Å²) in [6.45, 7) is 4.98.